The first-order valence-corrected chi connectivity index (χ1v) is 8.76. The smallest absolute Gasteiger partial charge is 0.221 e. The second kappa shape index (κ2) is 6.52. The quantitative estimate of drug-likeness (QED) is 0.720. The van der Waals surface area contributed by atoms with E-state index in [1.807, 2.05) is 30.3 Å². The molecule has 126 valence electrons. The lowest BCUT2D eigenvalue weighted by Crippen LogP contribution is -2.19. The van der Waals surface area contributed by atoms with Crippen LogP contribution in [0.1, 0.15) is 5.56 Å². The number of methoxy groups -OCH3 is 1. The molecular weight excluding hydrogens is 338 g/mol. The predicted molar refractivity (Wildman–Crippen MR) is 94.1 cm³/mol. The first-order valence-electron chi connectivity index (χ1n) is 7.66. The van der Waals surface area contributed by atoms with Crippen molar-refractivity contribution in [1.29, 1.82) is 0 Å². The third kappa shape index (κ3) is 3.06. The van der Waals surface area contributed by atoms with Crippen LogP contribution in [0.4, 0.5) is 5.82 Å². The fourth-order valence-corrected chi connectivity index (χ4v) is 3.90. The molecule has 6 nitrogen and oxygen atoms in total. The minimum absolute atomic E-state index is 0.427. The molecule has 3 heterocycles. The van der Waals surface area contributed by atoms with Crippen LogP contribution < -0.4 is 13.8 Å². The van der Waals surface area contributed by atoms with Crippen LogP contribution in [0.25, 0.3) is 0 Å². The van der Waals surface area contributed by atoms with Gasteiger partial charge in [-0.25, -0.2) is 4.21 Å². The number of rotatable bonds is 4. The number of pyridine rings is 2. The molecule has 1 aliphatic rings. The average molecular weight is 353 g/mol. The third-order valence-electron chi connectivity index (χ3n) is 3.79. The van der Waals surface area contributed by atoms with Crippen molar-refractivity contribution in [1.82, 2.24) is 9.97 Å². The minimum atomic E-state index is -1.30. The van der Waals surface area contributed by atoms with E-state index in [9.17, 15) is 4.21 Å². The van der Waals surface area contributed by atoms with Gasteiger partial charge >= 0.3 is 0 Å². The van der Waals surface area contributed by atoms with E-state index in [1.54, 1.807) is 42.0 Å². The summed E-state index contributed by atoms with van der Waals surface area (Å²) in [6.45, 7) is 0.502. The molecule has 1 atom stereocenters. The summed E-state index contributed by atoms with van der Waals surface area (Å²) >= 11 is 0. The summed E-state index contributed by atoms with van der Waals surface area (Å²) in [5.74, 6) is 2.37. The van der Waals surface area contributed by atoms with Gasteiger partial charge in [0.2, 0.25) is 5.88 Å². The summed E-state index contributed by atoms with van der Waals surface area (Å²) in [4.78, 5) is 9.27. The molecule has 0 aliphatic carbocycles. The van der Waals surface area contributed by atoms with Gasteiger partial charge in [0.1, 0.15) is 17.3 Å². The molecule has 1 aliphatic heterocycles. The molecule has 0 N–H and O–H groups in total. The molecule has 0 amide bonds. The van der Waals surface area contributed by atoms with Crippen LogP contribution in [0.5, 0.6) is 17.4 Å². The van der Waals surface area contributed by atoms with Crippen LogP contribution in [0.15, 0.2) is 65.8 Å². The Kier molecular flexibility index (Phi) is 4.07. The Bertz CT molecular complexity index is 934. The molecule has 3 aromatic rings. The van der Waals surface area contributed by atoms with Crippen molar-refractivity contribution in [3.63, 3.8) is 0 Å². The molecular formula is C18H15N3O3S. The number of fused-ring (bicyclic) bond motifs is 1. The zero-order valence-corrected chi connectivity index (χ0v) is 14.3. The number of aromatic nitrogens is 2. The lowest BCUT2D eigenvalue weighted by atomic mass is 10.2. The van der Waals surface area contributed by atoms with E-state index in [0.717, 1.165) is 16.2 Å². The van der Waals surface area contributed by atoms with Crippen molar-refractivity contribution in [3.8, 4) is 17.4 Å². The Hall–Kier alpha value is -2.93. The van der Waals surface area contributed by atoms with Gasteiger partial charge in [-0.05, 0) is 42.0 Å². The number of nitrogens with zero attached hydrogens (tertiary/aromatic N) is 3. The fourth-order valence-electron chi connectivity index (χ4n) is 2.60. The van der Waals surface area contributed by atoms with E-state index in [4.69, 9.17) is 9.47 Å². The Balaban J connectivity index is 1.60. The Morgan fingerprint density at radius 3 is 2.84 bits per heavy atom. The van der Waals surface area contributed by atoms with E-state index >= 15 is 0 Å². The third-order valence-corrected chi connectivity index (χ3v) is 5.28. The fraction of sp³-hybridized carbons (Fsp3) is 0.111. The van der Waals surface area contributed by atoms with E-state index in [-0.39, 0.29) is 0 Å². The first-order chi connectivity index (χ1) is 12.2. The molecule has 1 unspecified atom stereocenters. The van der Waals surface area contributed by atoms with Gasteiger partial charge < -0.3 is 9.47 Å². The van der Waals surface area contributed by atoms with Crippen LogP contribution in [0, 0.1) is 0 Å². The van der Waals surface area contributed by atoms with Gasteiger partial charge in [-0.2, -0.15) is 4.98 Å². The Morgan fingerprint density at radius 1 is 1.12 bits per heavy atom. The van der Waals surface area contributed by atoms with Gasteiger partial charge in [0.25, 0.3) is 0 Å². The van der Waals surface area contributed by atoms with Gasteiger partial charge in [0.05, 0.1) is 24.7 Å². The summed E-state index contributed by atoms with van der Waals surface area (Å²) in [6, 6.07) is 14.5. The molecule has 1 aromatic carbocycles. The molecule has 2 aromatic heterocycles. The number of anilines is 1. The highest BCUT2D eigenvalue weighted by Gasteiger charge is 2.28. The highest BCUT2D eigenvalue weighted by atomic mass is 32.2. The highest BCUT2D eigenvalue weighted by molar-refractivity contribution is 7.86. The van der Waals surface area contributed by atoms with E-state index in [0.29, 0.717) is 24.0 Å². The number of hydrogen-bond donors (Lipinski definition) is 0. The summed E-state index contributed by atoms with van der Waals surface area (Å²) < 4.78 is 25.5. The van der Waals surface area contributed by atoms with Crippen LogP contribution in [-0.2, 0) is 17.5 Å². The van der Waals surface area contributed by atoms with Gasteiger partial charge in [0.15, 0.2) is 11.0 Å². The predicted octanol–water partition coefficient (Wildman–Crippen LogP) is 3.32. The highest BCUT2D eigenvalue weighted by Crippen LogP contribution is 2.34. The molecule has 7 heteroatoms. The number of ether oxygens (including phenoxy) is 2. The van der Waals surface area contributed by atoms with Crippen LogP contribution in [-0.4, -0.2) is 21.3 Å². The van der Waals surface area contributed by atoms with Crippen LogP contribution in [0.3, 0.4) is 0 Å². The zero-order chi connectivity index (χ0) is 17.2. The zero-order valence-electron chi connectivity index (χ0n) is 13.5. The first kappa shape index (κ1) is 15.6. The Morgan fingerprint density at radius 2 is 2.04 bits per heavy atom. The van der Waals surface area contributed by atoms with E-state index < -0.39 is 11.0 Å². The van der Waals surface area contributed by atoms with Crippen LogP contribution >= 0.6 is 0 Å². The second-order valence-electron chi connectivity index (χ2n) is 5.38. The van der Waals surface area contributed by atoms with Crippen LogP contribution in [0.2, 0.25) is 0 Å². The SMILES string of the molecule is COc1ccc2c(c1)CN(c1cccc(Oc3cccnc3)n1)S2=O. The standard InChI is InChI=1S/C18H15N3O3S/c1-23-14-7-8-16-13(10-14)12-21(25(16)22)17-5-2-6-18(20-17)24-15-4-3-9-19-11-15/h2-11H,12H2,1H3. The average Bonchev–Trinajstić information content (AvgIpc) is 2.99. The van der Waals surface area contributed by atoms with Crippen molar-refractivity contribution >= 4 is 16.8 Å². The second-order valence-corrected chi connectivity index (χ2v) is 6.76. The molecule has 0 saturated carbocycles. The summed E-state index contributed by atoms with van der Waals surface area (Å²) in [5, 5.41) is 0. The maximum absolute atomic E-state index is 12.8. The number of hydrogen-bond acceptors (Lipinski definition) is 5. The minimum Gasteiger partial charge on any atom is -0.497 e. The molecule has 25 heavy (non-hydrogen) atoms. The van der Waals surface area contributed by atoms with Gasteiger partial charge in [-0.1, -0.05) is 6.07 Å². The lowest BCUT2D eigenvalue weighted by Gasteiger charge is -2.15. The maximum atomic E-state index is 12.8. The molecule has 0 radical (unpaired) electrons. The van der Waals surface area contributed by atoms with Crippen molar-refractivity contribution in [2.45, 2.75) is 11.4 Å². The normalized spacial score (nSPS) is 15.7. The van der Waals surface area contributed by atoms with E-state index in [2.05, 4.69) is 9.97 Å². The topological polar surface area (TPSA) is 64.6 Å². The van der Waals surface area contributed by atoms with E-state index in [1.165, 1.54) is 0 Å². The number of benzene rings is 1. The molecule has 0 fully saturated rings. The summed E-state index contributed by atoms with van der Waals surface area (Å²) in [5.41, 5.74) is 0.970. The van der Waals surface area contributed by atoms with Crippen molar-refractivity contribution < 1.29 is 13.7 Å². The summed E-state index contributed by atoms with van der Waals surface area (Å²) in [7, 11) is 0.313. The largest absolute Gasteiger partial charge is 0.497 e. The summed E-state index contributed by atoms with van der Waals surface area (Å²) in [6.07, 6.45) is 3.29. The van der Waals surface area contributed by atoms with Crippen molar-refractivity contribution in [2.75, 3.05) is 11.4 Å². The van der Waals surface area contributed by atoms with Gasteiger partial charge in [0, 0.05) is 12.3 Å². The molecule has 4 rings (SSSR count). The van der Waals surface area contributed by atoms with Gasteiger partial charge in [-0.15, -0.1) is 0 Å². The maximum Gasteiger partial charge on any atom is 0.221 e. The van der Waals surface area contributed by atoms with Crippen molar-refractivity contribution in [3.05, 3.63) is 66.5 Å². The molecule has 0 bridgehead atoms. The molecule has 0 saturated heterocycles. The van der Waals surface area contributed by atoms with Crippen molar-refractivity contribution in [2.24, 2.45) is 0 Å². The monoisotopic (exact) mass is 353 g/mol. The molecule has 0 spiro atoms. The lowest BCUT2D eigenvalue weighted by molar-refractivity contribution is 0.414. The Labute approximate surface area is 147 Å². The van der Waals surface area contributed by atoms with Gasteiger partial charge in [-0.3, -0.25) is 9.29 Å².